The fourth-order valence-electron chi connectivity index (χ4n) is 1.84. The fourth-order valence-corrected chi connectivity index (χ4v) is 1.84. The minimum Gasteiger partial charge on any atom is -0.867 e. The molecule has 128 valence electrons. The van der Waals surface area contributed by atoms with Crippen LogP contribution in [0.25, 0.3) is 0 Å². The number of amides is 1. The Hall–Kier alpha value is -4.02. The van der Waals surface area contributed by atoms with E-state index in [-0.39, 0.29) is 5.75 Å². The van der Waals surface area contributed by atoms with Gasteiger partial charge in [-0.05, 0) is 23.4 Å². The lowest BCUT2D eigenvalue weighted by atomic mass is 10.1. The second-order valence-electron chi connectivity index (χ2n) is 4.65. The molecule has 2 N–H and O–H groups in total. The molecule has 2 aromatic carbocycles. The smallest absolute Gasteiger partial charge is 0.277 e. The summed E-state index contributed by atoms with van der Waals surface area (Å²) in [6.07, 6.45) is 1.15. The van der Waals surface area contributed by atoms with Crippen molar-refractivity contribution in [2.45, 2.75) is 0 Å². The lowest BCUT2D eigenvalue weighted by Crippen LogP contribution is -2.20. The fraction of sp³-hybridized carbons (Fsp3) is 0. The largest absolute Gasteiger partial charge is 0.867 e. The van der Waals surface area contributed by atoms with E-state index >= 15 is 0 Å². The standard InChI is InChI=1S/C14H10N4O7/c19-10-3-1-2-8(4-10)7-15-16-14(21)11-5-9(17(22)23)6-12(13(11)20)18(24)25/h1-7,19-20H,(H,16,21)/p-1/b15-7-. The Morgan fingerprint density at radius 2 is 1.88 bits per heavy atom. The minimum absolute atomic E-state index is 0.0357. The molecule has 1 amide bonds. The van der Waals surface area contributed by atoms with Gasteiger partial charge in [0.1, 0.15) is 5.75 Å². The molecule has 0 atom stereocenters. The maximum Gasteiger partial charge on any atom is 0.277 e. The zero-order chi connectivity index (χ0) is 18.6. The molecule has 0 spiro atoms. The van der Waals surface area contributed by atoms with Crippen LogP contribution in [0, 0.1) is 20.2 Å². The Labute approximate surface area is 139 Å². The molecule has 0 saturated heterocycles. The lowest BCUT2D eigenvalue weighted by molar-refractivity contribution is -0.403. The van der Waals surface area contributed by atoms with Crippen LogP contribution in [0.5, 0.6) is 11.5 Å². The van der Waals surface area contributed by atoms with Crippen molar-refractivity contribution in [1.29, 1.82) is 0 Å². The van der Waals surface area contributed by atoms with Crippen molar-refractivity contribution in [1.82, 2.24) is 5.43 Å². The zero-order valence-corrected chi connectivity index (χ0v) is 12.3. The number of aromatic hydroxyl groups is 1. The third-order valence-electron chi connectivity index (χ3n) is 2.96. The summed E-state index contributed by atoms with van der Waals surface area (Å²) in [7, 11) is 0. The van der Waals surface area contributed by atoms with Crippen molar-refractivity contribution in [3.63, 3.8) is 0 Å². The molecule has 2 rings (SSSR count). The Morgan fingerprint density at radius 1 is 1.16 bits per heavy atom. The average Bonchev–Trinajstić information content (AvgIpc) is 2.54. The molecular weight excluding hydrogens is 336 g/mol. The van der Waals surface area contributed by atoms with Gasteiger partial charge in [0.15, 0.2) is 0 Å². The lowest BCUT2D eigenvalue weighted by Gasteiger charge is -2.11. The van der Waals surface area contributed by atoms with E-state index in [1.165, 1.54) is 18.2 Å². The molecule has 0 aromatic heterocycles. The van der Waals surface area contributed by atoms with Crippen molar-refractivity contribution in [3.05, 3.63) is 67.8 Å². The average molecular weight is 345 g/mol. The number of carbonyl (C=O) groups is 1. The summed E-state index contributed by atoms with van der Waals surface area (Å²) in [5.74, 6) is -2.44. The van der Waals surface area contributed by atoms with Gasteiger partial charge in [-0.2, -0.15) is 5.10 Å². The molecule has 0 aliphatic rings. The number of nitro groups is 2. The Morgan fingerprint density at radius 3 is 2.48 bits per heavy atom. The first-order valence-electron chi connectivity index (χ1n) is 6.56. The maximum atomic E-state index is 12.0. The van der Waals surface area contributed by atoms with Crippen molar-refractivity contribution < 1.29 is 24.9 Å². The van der Waals surface area contributed by atoms with Gasteiger partial charge in [0.25, 0.3) is 17.3 Å². The Balaban J connectivity index is 2.29. The first kappa shape index (κ1) is 17.3. The molecule has 0 heterocycles. The minimum atomic E-state index is -1.26. The monoisotopic (exact) mass is 345 g/mol. The predicted octanol–water partition coefficient (Wildman–Crippen LogP) is 1.05. The summed E-state index contributed by atoms with van der Waals surface area (Å²) in [6.45, 7) is 0. The van der Waals surface area contributed by atoms with Crippen LogP contribution in [-0.2, 0) is 0 Å². The van der Waals surface area contributed by atoms with E-state index in [1.807, 2.05) is 5.43 Å². The van der Waals surface area contributed by atoms with Gasteiger partial charge in [-0.25, -0.2) is 5.43 Å². The van der Waals surface area contributed by atoms with E-state index < -0.39 is 38.4 Å². The number of carbonyl (C=O) groups excluding carboxylic acids is 1. The van der Waals surface area contributed by atoms with E-state index in [4.69, 9.17) is 0 Å². The number of phenols is 1. The molecule has 0 aliphatic carbocycles. The predicted molar refractivity (Wildman–Crippen MR) is 82.4 cm³/mol. The molecule has 0 bridgehead atoms. The first-order chi connectivity index (χ1) is 11.8. The summed E-state index contributed by atoms with van der Waals surface area (Å²) >= 11 is 0. The topological polar surface area (TPSA) is 171 Å². The second kappa shape index (κ2) is 7.04. The van der Waals surface area contributed by atoms with Crippen LogP contribution in [0.3, 0.4) is 0 Å². The number of hydrogen-bond acceptors (Lipinski definition) is 8. The van der Waals surface area contributed by atoms with Gasteiger partial charge in [-0.1, -0.05) is 12.1 Å². The molecular formula is C14H9N4O7-. The van der Waals surface area contributed by atoms with Crippen molar-refractivity contribution in [3.8, 4) is 11.5 Å². The van der Waals surface area contributed by atoms with Gasteiger partial charge >= 0.3 is 0 Å². The normalized spacial score (nSPS) is 10.6. The van der Waals surface area contributed by atoms with Gasteiger partial charge in [-0.15, -0.1) is 0 Å². The number of nitro benzene ring substituents is 2. The van der Waals surface area contributed by atoms with Crippen LogP contribution in [0.4, 0.5) is 11.4 Å². The second-order valence-corrected chi connectivity index (χ2v) is 4.65. The number of rotatable bonds is 5. The van der Waals surface area contributed by atoms with Crippen LogP contribution < -0.4 is 10.5 Å². The van der Waals surface area contributed by atoms with Crippen LogP contribution in [0.15, 0.2) is 41.5 Å². The highest BCUT2D eigenvalue weighted by atomic mass is 16.6. The summed E-state index contributed by atoms with van der Waals surface area (Å²) in [5, 5.41) is 46.3. The van der Waals surface area contributed by atoms with Crippen LogP contribution in [0.2, 0.25) is 0 Å². The highest BCUT2D eigenvalue weighted by molar-refractivity contribution is 5.99. The quantitative estimate of drug-likeness (QED) is 0.463. The van der Waals surface area contributed by atoms with E-state index in [0.717, 1.165) is 6.21 Å². The highest BCUT2D eigenvalue weighted by Crippen LogP contribution is 2.32. The maximum absolute atomic E-state index is 12.0. The van der Waals surface area contributed by atoms with E-state index in [1.54, 1.807) is 6.07 Å². The third kappa shape index (κ3) is 4.04. The van der Waals surface area contributed by atoms with Gasteiger partial charge in [0.2, 0.25) is 0 Å². The molecule has 2 aromatic rings. The summed E-state index contributed by atoms with van der Waals surface area (Å²) in [6, 6.07) is 6.96. The summed E-state index contributed by atoms with van der Waals surface area (Å²) in [5.41, 5.74) is -0.273. The number of nitrogens with zero attached hydrogens (tertiary/aromatic N) is 3. The highest BCUT2D eigenvalue weighted by Gasteiger charge is 2.22. The number of phenolic OH excluding ortho intramolecular Hbond substituents is 1. The molecule has 0 radical (unpaired) electrons. The van der Waals surface area contributed by atoms with Crippen molar-refractivity contribution in [2.24, 2.45) is 5.10 Å². The van der Waals surface area contributed by atoms with Crippen LogP contribution >= 0.6 is 0 Å². The summed E-state index contributed by atoms with van der Waals surface area (Å²) in [4.78, 5) is 31.5. The SMILES string of the molecule is O=C(N/N=C\c1cccc(O)c1)c1cc([N+](=O)[O-])cc([N+](=O)[O-])c1[O-]. The van der Waals surface area contributed by atoms with Gasteiger partial charge in [0.05, 0.1) is 22.1 Å². The molecule has 0 fully saturated rings. The number of hydrogen-bond donors (Lipinski definition) is 2. The molecule has 0 aliphatic heterocycles. The third-order valence-corrected chi connectivity index (χ3v) is 2.96. The van der Waals surface area contributed by atoms with Crippen LogP contribution in [-0.4, -0.2) is 27.1 Å². The van der Waals surface area contributed by atoms with E-state index in [9.17, 15) is 35.2 Å². The van der Waals surface area contributed by atoms with Gasteiger partial charge < -0.3 is 10.2 Å². The molecule has 0 unspecified atom stereocenters. The van der Waals surface area contributed by atoms with Crippen LogP contribution in [0.1, 0.15) is 15.9 Å². The van der Waals surface area contributed by atoms with Gasteiger partial charge in [-0.3, -0.25) is 25.0 Å². The number of hydrazone groups is 1. The molecule has 11 nitrogen and oxygen atoms in total. The van der Waals surface area contributed by atoms with Crippen molar-refractivity contribution >= 4 is 23.5 Å². The number of non-ortho nitro benzene ring substituents is 1. The molecule has 25 heavy (non-hydrogen) atoms. The molecule has 0 saturated carbocycles. The Bertz CT molecular complexity index is 895. The van der Waals surface area contributed by atoms with Gasteiger partial charge in [0, 0.05) is 11.6 Å². The Kier molecular flexibility index (Phi) is 4.88. The molecule has 11 heteroatoms. The van der Waals surface area contributed by atoms with E-state index in [0.29, 0.717) is 17.7 Å². The van der Waals surface area contributed by atoms with Crippen molar-refractivity contribution in [2.75, 3.05) is 0 Å². The summed E-state index contributed by atoms with van der Waals surface area (Å²) < 4.78 is 0. The number of benzene rings is 2. The zero-order valence-electron chi connectivity index (χ0n) is 12.3. The van der Waals surface area contributed by atoms with E-state index in [2.05, 4.69) is 5.10 Å². The first-order valence-corrected chi connectivity index (χ1v) is 6.56. The number of nitrogens with one attached hydrogen (secondary N) is 1.